The zero-order chi connectivity index (χ0) is 66.3. The molecule has 0 aliphatic heterocycles. The van der Waals surface area contributed by atoms with Crippen LogP contribution in [0.15, 0.2) is 146 Å². The molecule has 0 heterocycles. The van der Waals surface area contributed by atoms with Gasteiger partial charge in [0.2, 0.25) is 0 Å². The van der Waals surface area contributed by atoms with E-state index in [1.54, 1.807) is 48.5 Å². The number of halogens is 6. The minimum absolute atomic E-state index is 0.0721. The lowest BCUT2D eigenvalue weighted by atomic mass is 9.55. The Morgan fingerprint density at radius 1 is 0.394 bits per heavy atom. The van der Waals surface area contributed by atoms with Gasteiger partial charge in [0.15, 0.2) is 0 Å². The number of rotatable bonds is 14. The molecule has 0 amide bonds. The second-order valence-corrected chi connectivity index (χ2v) is 30.4. The number of fused-ring (bicyclic) bond motifs is 10. The van der Waals surface area contributed by atoms with Gasteiger partial charge in [0.25, 0.3) is 0 Å². The van der Waals surface area contributed by atoms with Crippen LogP contribution in [0.2, 0.25) is 0 Å². The molecular weight excluding hydrogens is 1180 g/mol. The average molecular weight is 1280 g/mol. The van der Waals surface area contributed by atoms with Crippen molar-refractivity contribution in [2.45, 2.75) is 219 Å². The number of hydrogen-bond acceptors (Lipinski definition) is 2. The van der Waals surface area contributed by atoms with E-state index in [1.165, 1.54) is 196 Å². The monoisotopic (exact) mass is 1280 g/mol. The molecule has 0 spiro atoms. The number of allylic oxidation sites excluding steroid dienone is 2. The topological polar surface area (TPSA) is 18.5 Å². The highest BCUT2D eigenvalue weighted by molar-refractivity contribution is 5.42. The Kier molecular flexibility index (Phi) is 22.9. The van der Waals surface area contributed by atoms with Crippen molar-refractivity contribution in [2.24, 2.45) is 58.2 Å². The van der Waals surface area contributed by atoms with Gasteiger partial charge in [-0.05, 0) is 329 Å². The van der Waals surface area contributed by atoms with E-state index in [0.29, 0.717) is 34.5 Å². The summed E-state index contributed by atoms with van der Waals surface area (Å²) in [6.45, 7) is 23.9. The summed E-state index contributed by atoms with van der Waals surface area (Å²) in [5, 5.41) is 0. The van der Waals surface area contributed by atoms with Gasteiger partial charge in [-0.2, -0.15) is 0 Å². The van der Waals surface area contributed by atoms with Gasteiger partial charge >= 0.3 is 0 Å². The van der Waals surface area contributed by atoms with Crippen molar-refractivity contribution in [3.8, 4) is 11.5 Å². The summed E-state index contributed by atoms with van der Waals surface area (Å²) in [7, 11) is 0. The van der Waals surface area contributed by atoms with Gasteiger partial charge in [-0.3, -0.25) is 0 Å². The van der Waals surface area contributed by atoms with Crippen LogP contribution < -0.4 is 9.47 Å². The Morgan fingerprint density at radius 2 is 0.755 bits per heavy atom. The molecule has 0 unspecified atom stereocenters. The van der Waals surface area contributed by atoms with Crippen LogP contribution >= 0.6 is 0 Å². The van der Waals surface area contributed by atoms with Crippen LogP contribution in [0.5, 0.6) is 11.5 Å². The summed E-state index contributed by atoms with van der Waals surface area (Å²) < 4.78 is 89.9. The van der Waals surface area contributed by atoms with Crippen molar-refractivity contribution in [1.29, 1.82) is 0 Å². The zero-order valence-electron chi connectivity index (χ0n) is 57.4. The van der Waals surface area contributed by atoms with Crippen molar-refractivity contribution in [1.82, 2.24) is 0 Å². The van der Waals surface area contributed by atoms with E-state index < -0.39 is 0 Å². The summed E-state index contributed by atoms with van der Waals surface area (Å²) in [6, 6.07) is 34.3. The van der Waals surface area contributed by atoms with Gasteiger partial charge in [-0.15, -0.1) is 0 Å². The van der Waals surface area contributed by atoms with Crippen molar-refractivity contribution in [3.63, 3.8) is 0 Å². The normalized spacial score (nSPS) is 28.5. The third kappa shape index (κ3) is 16.8. The first-order valence-electron chi connectivity index (χ1n) is 36.7. The maximum Gasteiger partial charge on any atom is 0.123 e. The fraction of sp³-hybridized carbons (Fsp3) is 0.535. The first-order chi connectivity index (χ1) is 45.4. The maximum atomic E-state index is 13.4. The van der Waals surface area contributed by atoms with Crippen LogP contribution in [0.4, 0.5) is 26.3 Å². The Labute approximate surface area is 560 Å². The molecule has 94 heavy (non-hydrogen) atoms. The molecule has 10 aliphatic carbocycles. The fourth-order valence-electron chi connectivity index (χ4n) is 17.8. The van der Waals surface area contributed by atoms with Gasteiger partial charge in [-0.25, -0.2) is 26.3 Å². The Balaban J connectivity index is 0.000000117. The summed E-state index contributed by atoms with van der Waals surface area (Å²) in [5.74, 6) is 9.69. The van der Waals surface area contributed by atoms with Gasteiger partial charge < -0.3 is 9.47 Å². The van der Waals surface area contributed by atoms with Crippen LogP contribution in [-0.2, 0) is 25.7 Å². The molecule has 0 radical (unpaired) electrons. The predicted molar refractivity (Wildman–Crippen MR) is 373 cm³/mol. The smallest absolute Gasteiger partial charge is 0.123 e. The van der Waals surface area contributed by atoms with Crippen LogP contribution in [0.1, 0.15) is 238 Å². The largest absolute Gasteiger partial charge is 0.493 e. The highest BCUT2D eigenvalue weighted by Crippen LogP contribution is 2.64. The molecule has 8 fully saturated rings. The van der Waals surface area contributed by atoms with Crippen molar-refractivity contribution < 1.29 is 35.8 Å². The van der Waals surface area contributed by atoms with E-state index in [9.17, 15) is 26.3 Å². The molecule has 504 valence electrons. The van der Waals surface area contributed by atoms with Crippen LogP contribution in [0.3, 0.4) is 0 Å². The highest BCUT2D eigenvalue weighted by atomic mass is 19.1. The van der Waals surface area contributed by atoms with E-state index in [-0.39, 0.29) is 34.9 Å². The quantitative estimate of drug-likeness (QED) is 0.0799. The van der Waals surface area contributed by atoms with Gasteiger partial charge in [0.1, 0.15) is 46.4 Å². The molecule has 0 bridgehead atoms. The Hall–Kier alpha value is -6.02. The SMILES string of the molecule is C=C1CC[C@H]2[C@@H]3CCc4cc(F)ccc4[C@H]3CC[C@]12C.C=C1CC[C@H]2[C@@H]3CCc4cc([18F])ccc4[C@H]3CC[C@]12C.CCCc1ccc(F)cc1.CCCc1ccc([18F])cc1.CC[C@H]1C[C@@H]1c1cc(F)ccc1OCC1CC1.CC[C@H]1C[C@@H]1c1cc([18F])ccc1OCC1CC1. The molecule has 8 heteroatoms. The molecule has 8 saturated carbocycles. The molecule has 2 nitrogen and oxygen atoms in total. The van der Waals surface area contributed by atoms with Crippen LogP contribution in [0, 0.1) is 93.1 Å². The van der Waals surface area contributed by atoms with E-state index >= 15 is 0 Å². The summed E-state index contributed by atoms with van der Waals surface area (Å²) in [5.41, 5.74) is 13.8. The van der Waals surface area contributed by atoms with E-state index in [4.69, 9.17) is 9.47 Å². The standard InChI is InChI=1S/2C19H23F.2C15H19FO.2C9H11F/c2*1-12-3-8-18-17-6-4-13-11-14(20)5-7-15(13)16(17)9-10-19(12,18)2;2*1-2-11-7-13(11)14-8-12(16)5-6-15(14)17-9-10-3-4-10;2*1-2-3-8-4-6-9(10)7-5-8/h2*5,7,11,16-18H,1,3-4,6,8-10H2,2H3;2*5-6,8,10-11,13H,2-4,7,9H2,1H3;2*4-7H,2-3H2,1H3/t2*16-,17-,18+,19-;2*11-,13-;;/m1100../s1/i20-1;;16-1;;10-1;. The van der Waals surface area contributed by atoms with Crippen molar-refractivity contribution in [2.75, 3.05) is 13.2 Å². The summed E-state index contributed by atoms with van der Waals surface area (Å²) >= 11 is 0. The van der Waals surface area contributed by atoms with E-state index in [0.717, 1.165) is 122 Å². The Morgan fingerprint density at radius 3 is 1.11 bits per heavy atom. The minimum Gasteiger partial charge on any atom is -0.493 e. The molecular formula is C86H106F6O2. The lowest BCUT2D eigenvalue weighted by Crippen LogP contribution is -2.40. The molecule has 6 aromatic rings. The van der Waals surface area contributed by atoms with Gasteiger partial charge in [0.05, 0.1) is 13.2 Å². The zero-order valence-corrected chi connectivity index (χ0v) is 57.4. The van der Waals surface area contributed by atoms with Crippen LogP contribution in [0.25, 0.3) is 0 Å². The highest BCUT2D eigenvalue weighted by Gasteiger charge is 2.53. The molecule has 0 N–H and O–H groups in total. The molecule has 16 rings (SSSR count). The number of hydrogen-bond donors (Lipinski definition) is 0. The Bertz CT molecular complexity index is 3280. The first-order valence-corrected chi connectivity index (χ1v) is 36.7. The summed E-state index contributed by atoms with van der Waals surface area (Å²) in [6.07, 6.45) is 29.0. The molecule has 6 aromatic carbocycles. The molecule has 0 aromatic heterocycles. The third-order valence-corrected chi connectivity index (χ3v) is 24.2. The van der Waals surface area contributed by atoms with Crippen molar-refractivity contribution in [3.05, 3.63) is 225 Å². The second-order valence-electron chi connectivity index (χ2n) is 30.4. The predicted octanol–water partition coefficient (Wildman–Crippen LogP) is 24.3. The molecule has 12 atom stereocenters. The number of aryl methyl sites for hydroxylation is 4. The first kappa shape index (κ1) is 69.3. The third-order valence-electron chi connectivity index (χ3n) is 24.2. The number of benzene rings is 6. The molecule has 0 saturated heterocycles. The van der Waals surface area contributed by atoms with Crippen molar-refractivity contribution >= 4 is 0 Å². The minimum atomic E-state index is -0.153. The molecule has 10 aliphatic rings. The lowest BCUT2D eigenvalue weighted by Gasteiger charge is -2.49. The van der Waals surface area contributed by atoms with E-state index in [2.05, 4.69) is 66.8 Å². The maximum absolute atomic E-state index is 13.4. The van der Waals surface area contributed by atoms with Gasteiger partial charge in [-0.1, -0.05) is 128 Å². The van der Waals surface area contributed by atoms with Gasteiger partial charge in [0, 0.05) is 11.1 Å². The number of ether oxygens (including phenoxy) is 2. The lowest BCUT2D eigenvalue weighted by molar-refractivity contribution is 0.0816. The average Bonchev–Trinajstić information content (AvgIpc) is 1.65. The second kappa shape index (κ2) is 31.0. The van der Waals surface area contributed by atoms with E-state index in [1.807, 2.05) is 24.3 Å². The van der Waals surface area contributed by atoms with Crippen LogP contribution in [-0.4, -0.2) is 13.2 Å². The summed E-state index contributed by atoms with van der Waals surface area (Å²) in [4.78, 5) is 0. The fourth-order valence-corrected chi connectivity index (χ4v) is 17.8.